The molecule has 1 aliphatic rings. The molecule has 29 heavy (non-hydrogen) atoms. The number of carbonyl (C=O) groups excluding carboxylic acids is 2. The highest BCUT2D eigenvalue weighted by molar-refractivity contribution is 7.89. The molecule has 0 atom stereocenters. The van der Waals surface area contributed by atoms with E-state index in [1.807, 2.05) is 0 Å². The molecule has 0 saturated carbocycles. The van der Waals surface area contributed by atoms with Gasteiger partial charge in [0.25, 0.3) is 5.91 Å². The van der Waals surface area contributed by atoms with Gasteiger partial charge in [-0.25, -0.2) is 8.42 Å². The van der Waals surface area contributed by atoms with E-state index in [1.54, 1.807) is 7.11 Å². The quantitative estimate of drug-likeness (QED) is 0.602. The third-order valence-corrected chi connectivity index (χ3v) is 6.97. The molecule has 0 aromatic heterocycles. The van der Waals surface area contributed by atoms with Crippen LogP contribution in [-0.2, 0) is 19.6 Å². The molecule has 0 spiro atoms. The van der Waals surface area contributed by atoms with Crippen molar-refractivity contribution in [2.75, 3.05) is 46.9 Å². The van der Waals surface area contributed by atoms with Gasteiger partial charge in [-0.2, -0.15) is 4.31 Å². The molecule has 1 N–H and O–H groups in total. The normalized spacial score (nSPS) is 15.8. The van der Waals surface area contributed by atoms with Crippen LogP contribution in [0, 0.1) is 5.92 Å². The highest BCUT2D eigenvalue weighted by atomic mass is 32.2. The van der Waals surface area contributed by atoms with E-state index in [0.717, 1.165) is 12.8 Å². The van der Waals surface area contributed by atoms with Gasteiger partial charge in [-0.1, -0.05) is 6.92 Å². The minimum atomic E-state index is -3.55. The van der Waals surface area contributed by atoms with Crippen molar-refractivity contribution in [3.63, 3.8) is 0 Å². The van der Waals surface area contributed by atoms with Crippen LogP contribution in [-0.4, -0.2) is 76.4 Å². The zero-order chi connectivity index (χ0) is 21.4. The average Bonchev–Trinajstić information content (AvgIpc) is 2.71. The molecule has 0 bridgehead atoms. The Morgan fingerprint density at radius 2 is 1.83 bits per heavy atom. The molecule has 1 fully saturated rings. The summed E-state index contributed by atoms with van der Waals surface area (Å²) in [5.74, 6) is -0.0579. The van der Waals surface area contributed by atoms with Crippen molar-refractivity contribution in [3.05, 3.63) is 29.8 Å². The van der Waals surface area contributed by atoms with Gasteiger partial charge in [-0.3, -0.25) is 9.59 Å². The fourth-order valence-electron chi connectivity index (χ4n) is 3.15. The number of sulfonamides is 1. The first-order chi connectivity index (χ1) is 13.8. The Labute approximate surface area is 173 Å². The van der Waals surface area contributed by atoms with Crippen LogP contribution in [0.1, 0.15) is 36.5 Å². The third-order valence-electron chi connectivity index (χ3n) is 5.06. The van der Waals surface area contributed by atoms with Crippen LogP contribution in [0.15, 0.2) is 29.2 Å². The van der Waals surface area contributed by atoms with E-state index in [1.165, 1.54) is 40.5 Å². The zero-order valence-corrected chi connectivity index (χ0v) is 18.2. The van der Waals surface area contributed by atoms with Crippen molar-refractivity contribution >= 4 is 21.8 Å². The van der Waals surface area contributed by atoms with Crippen molar-refractivity contribution in [1.82, 2.24) is 14.5 Å². The van der Waals surface area contributed by atoms with Crippen LogP contribution in [0.4, 0.5) is 0 Å². The van der Waals surface area contributed by atoms with Crippen LogP contribution in [0.2, 0.25) is 0 Å². The third kappa shape index (κ3) is 6.52. The van der Waals surface area contributed by atoms with Crippen LogP contribution < -0.4 is 5.32 Å². The number of ether oxygens (including phenoxy) is 1. The van der Waals surface area contributed by atoms with Gasteiger partial charge in [0.15, 0.2) is 0 Å². The Bertz CT molecular complexity index is 787. The fraction of sp³-hybridized carbons (Fsp3) is 0.600. The van der Waals surface area contributed by atoms with Crippen LogP contribution in [0.3, 0.4) is 0 Å². The number of benzene rings is 1. The number of hydrogen-bond acceptors (Lipinski definition) is 5. The number of rotatable bonds is 9. The summed E-state index contributed by atoms with van der Waals surface area (Å²) in [6.45, 7) is 4.13. The molecule has 1 aromatic carbocycles. The number of likely N-dealkylation sites (N-methyl/N-ethyl adjacent to an activating group) is 1. The first kappa shape index (κ1) is 23.3. The molecule has 9 heteroatoms. The Morgan fingerprint density at radius 3 is 2.41 bits per heavy atom. The number of amides is 2. The lowest BCUT2D eigenvalue weighted by Gasteiger charge is -2.29. The minimum absolute atomic E-state index is 0.0716. The van der Waals surface area contributed by atoms with E-state index in [9.17, 15) is 18.0 Å². The zero-order valence-electron chi connectivity index (χ0n) is 17.4. The summed E-state index contributed by atoms with van der Waals surface area (Å²) < 4.78 is 32.0. The maximum atomic E-state index is 12.8. The number of methoxy groups -OCH3 is 1. The van der Waals surface area contributed by atoms with Crippen LogP contribution in [0.5, 0.6) is 0 Å². The van der Waals surface area contributed by atoms with E-state index in [-0.39, 0.29) is 23.3 Å². The first-order valence-electron chi connectivity index (χ1n) is 9.87. The summed E-state index contributed by atoms with van der Waals surface area (Å²) in [6.07, 6.45) is 2.41. The molecule has 0 radical (unpaired) electrons. The van der Waals surface area contributed by atoms with Gasteiger partial charge in [0, 0.05) is 46.0 Å². The van der Waals surface area contributed by atoms with Gasteiger partial charge in [0.2, 0.25) is 15.9 Å². The van der Waals surface area contributed by atoms with Crippen molar-refractivity contribution in [2.45, 2.75) is 31.1 Å². The molecule has 1 aliphatic heterocycles. The van der Waals surface area contributed by atoms with Crippen molar-refractivity contribution in [2.24, 2.45) is 5.92 Å². The van der Waals surface area contributed by atoms with Gasteiger partial charge in [0.05, 0.1) is 11.4 Å². The minimum Gasteiger partial charge on any atom is -0.385 e. The smallest absolute Gasteiger partial charge is 0.254 e. The molecular weight excluding hydrogens is 394 g/mol. The number of hydrogen-bond donors (Lipinski definition) is 1. The van der Waals surface area contributed by atoms with Crippen LogP contribution >= 0.6 is 0 Å². The number of piperidine rings is 1. The van der Waals surface area contributed by atoms with Gasteiger partial charge in [-0.05, 0) is 49.4 Å². The van der Waals surface area contributed by atoms with Gasteiger partial charge >= 0.3 is 0 Å². The summed E-state index contributed by atoms with van der Waals surface area (Å²) in [5.41, 5.74) is 0.339. The van der Waals surface area contributed by atoms with Gasteiger partial charge in [-0.15, -0.1) is 0 Å². The molecule has 2 amide bonds. The largest absolute Gasteiger partial charge is 0.385 e. The average molecular weight is 426 g/mol. The lowest BCUT2D eigenvalue weighted by Crippen LogP contribution is -2.39. The lowest BCUT2D eigenvalue weighted by molar-refractivity contribution is -0.121. The number of nitrogens with one attached hydrogen (secondary N) is 1. The Hall–Kier alpha value is -1.97. The predicted molar refractivity (Wildman–Crippen MR) is 110 cm³/mol. The second-order valence-electron chi connectivity index (χ2n) is 7.47. The summed E-state index contributed by atoms with van der Waals surface area (Å²) in [7, 11) is -0.415. The molecule has 0 aliphatic carbocycles. The van der Waals surface area contributed by atoms with E-state index in [4.69, 9.17) is 4.74 Å². The van der Waals surface area contributed by atoms with E-state index < -0.39 is 10.0 Å². The Kier molecular flexibility index (Phi) is 8.60. The van der Waals surface area contributed by atoms with E-state index in [0.29, 0.717) is 44.1 Å². The highest BCUT2D eigenvalue weighted by Crippen LogP contribution is 2.23. The summed E-state index contributed by atoms with van der Waals surface area (Å²) in [5, 5.41) is 2.73. The summed E-state index contributed by atoms with van der Waals surface area (Å²) >= 11 is 0. The predicted octanol–water partition coefficient (Wildman–Crippen LogP) is 1.33. The molecule has 1 saturated heterocycles. The van der Waals surface area contributed by atoms with E-state index in [2.05, 4.69) is 12.2 Å². The number of nitrogens with zero attached hydrogens (tertiary/aromatic N) is 2. The van der Waals surface area contributed by atoms with E-state index >= 15 is 0 Å². The highest BCUT2D eigenvalue weighted by Gasteiger charge is 2.28. The molecule has 162 valence electrons. The standard InChI is InChI=1S/C20H31N3O5S/c1-16-9-12-23(13-10-16)29(26,27)18-7-5-17(6-8-18)20(25)22(2)15-19(24)21-11-4-14-28-3/h5-8,16H,4,9-15H2,1-3H3,(H,21,24). The second-order valence-corrected chi connectivity index (χ2v) is 9.41. The molecular formula is C20H31N3O5S. The van der Waals surface area contributed by atoms with Crippen molar-refractivity contribution < 1.29 is 22.7 Å². The fourth-order valence-corrected chi connectivity index (χ4v) is 4.62. The van der Waals surface area contributed by atoms with Crippen LogP contribution in [0.25, 0.3) is 0 Å². The topological polar surface area (TPSA) is 96.0 Å². The maximum absolute atomic E-state index is 12.8. The Morgan fingerprint density at radius 1 is 1.21 bits per heavy atom. The molecule has 8 nitrogen and oxygen atoms in total. The molecule has 1 aromatic rings. The maximum Gasteiger partial charge on any atom is 0.254 e. The molecule has 1 heterocycles. The number of carbonyl (C=O) groups is 2. The first-order valence-corrected chi connectivity index (χ1v) is 11.3. The Balaban J connectivity index is 1.94. The molecule has 0 unspecified atom stereocenters. The lowest BCUT2D eigenvalue weighted by atomic mass is 10.0. The summed E-state index contributed by atoms with van der Waals surface area (Å²) in [4.78, 5) is 25.9. The van der Waals surface area contributed by atoms with Gasteiger partial charge < -0.3 is 15.0 Å². The second kappa shape index (κ2) is 10.7. The van der Waals surface area contributed by atoms with Crippen molar-refractivity contribution in [3.8, 4) is 0 Å². The van der Waals surface area contributed by atoms with Crippen molar-refractivity contribution in [1.29, 1.82) is 0 Å². The molecule has 2 rings (SSSR count). The van der Waals surface area contributed by atoms with Gasteiger partial charge in [0.1, 0.15) is 0 Å². The monoisotopic (exact) mass is 425 g/mol. The summed E-state index contributed by atoms with van der Waals surface area (Å²) in [6, 6.07) is 5.90. The SMILES string of the molecule is COCCCNC(=O)CN(C)C(=O)c1ccc(S(=O)(=O)N2CCC(C)CC2)cc1.